The molecule has 0 bridgehead atoms. The Balaban J connectivity index is 0.000000396. The number of hydrogen-bond acceptors (Lipinski definition) is 0. The second-order valence-corrected chi connectivity index (χ2v) is 2.92. The van der Waals surface area contributed by atoms with Crippen LogP contribution >= 0.6 is 0 Å². The van der Waals surface area contributed by atoms with Gasteiger partial charge in [0, 0.05) is 11.9 Å². The number of allylic oxidation sites excluding steroid dienone is 2. The van der Waals surface area contributed by atoms with Crippen molar-refractivity contribution >= 4 is 12.2 Å². The third-order valence-electron chi connectivity index (χ3n) is 1.96. The normalized spacial score (nSPS) is 18.5. The van der Waals surface area contributed by atoms with Crippen molar-refractivity contribution in [1.82, 2.24) is 4.98 Å². The summed E-state index contributed by atoms with van der Waals surface area (Å²) in [4.78, 5) is 3.18. The summed E-state index contributed by atoms with van der Waals surface area (Å²) < 4.78 is 0. The molecule has 0 spiro atoms. The Kier molecular flexibility index (Phi) is 3.56. The monoisotopic (exact) mass is 175 g/mol. The maximum Gasteiger partial charge on any atom is 0.0450 e. The summed E-state index contributed by atoms with van der Waals surface area (Å²) in [6.45, 7) is 6.18. The fourth-order valence-electron chi connectivity index (χ4n) is 1.25. The van der Waals surface area contributed by atoms with Gasteiger partial charge in [-0.05, 0) is 23.6 Å². The Morgan fingerprint density at radius 1 is 1.15 bits per heavy atom. The zero-order valence-electron chi connectivity index (χ0n) is 8.54. The maximum atomic E-state index is 3.18. The third-order valence-corrected chi connectivity index (χ3v) is 1.96. The number of nitrogens with one attached hydrogen (secondary N) is 1. The van der Waals surface area contributed by atoms with Gasteiger partial charge in [0.05, 0.1) is 0 Å². The van der Waals surface area contributed by atoms with Gasteiger partial charge in [-0.25, -0.2) is 0 Å². The molecule has 0 aliphatic heterocycles. The molecule has 13 heavy (non-hydrogen) atoms. The summed E-state index contributed by atoms with van der Waals surface area (Å²) >= 11 is 0. The Hall–Kier alpha value is -1.24. The van der Waals surface area contributed by atoms with Gasteiger partial charge in [-0.1, -0.05) is 39.0 Å². The average molecular weight is 175 g/mol. The van der Waals surface area contributed by atoms with E-state index < -0.39 is 0 Å². The van der Waals surface area contributed by atoms with Crippen LogP contribution in [0.2, 0.25) is 0 Å². The molecule has 0 saturated heterocycles. The molecule has 0 radical (unpaired) electrons. The molecule has 1 aromatic heterocycles. The highest BCUT2D eigenvalue weighted by molar-refractivity contribution is 5.65. The minimum atomic E-state index is 0.552. The molecule has 1 aromatic rings. The van der Waals surface area contributed by atoms with Crippen LogP contribution in [-0.4, -0.2) is 4.98 Å². The third kappa shape index (κ3) is 2.35. The van der Waals surface area contributed by atoms with Crippen LogP contribution in [-0.2, 0) is 0 Å². The molecule has 0 saturated carbocycles. The predicted molar refractivity (Wildman–Crippen MR) is 59.4 cm³/mol. The molecule has 0 aromatic carbocycles. The molecular weight excluding hydrogens is 158 g/mol. The SMILES string of the molecule is CC.CC1C=Cc2cc[nH]c2C=C1. The van der Waals surface area contributed by atoms with Gasteiger partial charge in [0.15, 0.2) is 0 Å². The lowest BCUT2D eigenvalue weighted by Crippen LogP contribution is -1.77. The van der Waals surface area contributed by atoms with E-state index in [4.69, 9.17) is 0 Å². The molecule has 1 heteroatoms. The van der Waals surface area contributed by atoms with Gasteiger partial charge in [0.25, 0.3) is 0 Å². The van der Waals surface area contributed by atoms with Crippen LogP contribution in [0.3, 0.4) is 0 Å². The second kappa shape index (κ2) is 4.70. The van der Waals surface area contributed by atoms with Gasteiger partial charge in [-0.15, -0.1) is 0 Å². The standard InChI is InChI=1S/C10H11N.C2H6/c1-8-2-4-9-6-7-11-10(9)5-3-8;1-2/h2-8,11H,1H3;1-2H3. The van der Waals surface area contributed by atoms with Gasteiger partial charge >= 0.3 is 0 Å². The smallest absolute Gasteiger partial charge is 0.0450 e. The van der Waals surface area contributed by atoms with E-state index in [-0.39, 0.29) is 0 Å². The van der Waals surface area contributed by atoms with E-state index in [2.05, 4.69) is 42.3 Å². The van der Waals surface area contributed by atoms with Crippen molar-refractivity contribution in [3.63, 3.8) is 0 Å². The lowest BCUT2D eigenvalue weighted by Gasteiger charge is -1.91. The van der Waals surface area contributed by atoms with Gasteiger partial charge in [-0.3, -0.25) is 0 Å². The van der Waals surface area contributed by atoms with E-state index in [1.807, 2.05) is 20.0 Å². The van der Waals surface area contributed by atoms with Crippen LogP contribution in [0.4, 0.5) is 0 Å². The van der Waals surface area contributed by atoms with Crippen LogP contribution in [0, 0.1) is 5.92 Å². The van der Waals surface area contributed by atoms with Crippen LogP contribution in [0.25, 0.3) is 12.2 Å². The number of aromatic nitrogens is 1. The highest BCUT2D eigenvalue weighted by Gasteiger charge is 2.01. The highest BCUT2D eigenvalue weighted by Crippen LogP contribution is 2.17. The van der Waals surface area contributed by atoms with Gasteiger partial charge in [-0.2, -0.15) is 0 Å². The first-order valence-corrected chi connectivity index (χ1v) is 4.90. The Morgan fingerprint density at radius 2 is 1.85 bits per heavy atom. The van der Waals surface area contributed by atoms with E-state index >= 15 is 0 Å². The number of hydrogen-bond donors (Lipinski definition) is 1. The fraction of sp³-hybridized carbons (Fsp3) is 0.333. The second-order valence-electron chi connectivity index (χ2n) is 2.92. The molecule has 2 rings (SSSR count). The zero-order valence-corrected chi connectivity index (χ0v) is 8.54. The summed E-state index contributed by atoms with van der Waals surface area (Å²) in [6, 6.07) is 2.09. The fourth-order valence-corrected chi connectivity index (χ4v) is 1.25. The molecule has 1 nitrogen and oxygen atoms in total. The molecule has 1 aliphatic carbocycles. The van der Waals surface area contributed by atoms with Crippen molar-refractivity contribution < 1.29 is 0 Å². The molecule has 0 fully saturated rings. The molecule has 0 amide bonds. The van der Waals surface area contributed by atoms with Crippen LogP contribution in [0.1, 0.15) is 32.0 Å². The van der Waals surface area contributed by atoms with Crippen molar-refractivity contribution in [2.75, 3.05) is 0 Å². The first-order chi connectivity index (χ1) is 6.36. The summed E-state index contributed by atoms with van der Waals surface area (Å²) in [5.41, 5.74) is 2.50. The molecule has 1 N–H and O–H groups in total. The van der Waals surface area contributed by atoms with Crippen molar-refractivity contribution in [3.05, 3.63) is 35.7 Å². The lowest BCUT2D eigenvalue weighted by atomic mass is 10.1. The van der Waals surface area contributed by atoms with Crippen LogP contribution in [0.15, 0.2) is 24.4 Å². The molecule has 1 unspecified atom stereocenters. The first kappa shape index (κ1) is 9.85. The van der Waals surface area contributed by atoms with Crippen molar-refractivity contribution in [2.45, 2.75) is 20.8 Å². The van der Waals surface area contributed by atoms with Crippen molar-refractivity contribution in [2.24, 2.45) is 5.92 Å². The molecule has 1 atom stereocenters. The quantitative estimate of drug-likeness (QED) is 0.618. The summed E-state index contributed by atoms with van der Waals surface area (Å²) in [7, 11) is 0. The predicted octanol–water partition coefficient (Wildman–Crippen LogP) is 3.72. The lowest BCUT2D eigenvalue weighted by molar-refractivity contribution is 0.953. The largest absolute Gasteiger partial charge is 0.361 e. The molecule has 70 valence electrons. The minimum absolute atomic E-state index is 0.552. The molecular formula is C12H17N. The van der Waals surface area contributed by atoms with Gasteiger partial charge in [0.2, 0.25) is 0 Å². The Labute approximate surface area is 80.2 Å². The number of aromatic amines is 1. The summed E-state index contributed by atoms with van der Waals surface area (Å²) in [5.74, 6) is 0.552. The highest BCUT2D eigenvalue weighted by atomic mass is 14.7. The number of rotatable bonds is 0. The van der Waals surface area contributed by atoms with E-state index in [0.717, 1.165) is 0 Å². The average Bonchev–Trinajstić information content (AvgIpc) is 2.56. The van der Waals surface area contributed by atoms with Crippen LogP contribution < -0.4 is 0 Å². The van der Waals surface area contributed by atoms with E-state index in [9.17, 15) is 0 Å². The zero-order chi connectivity index (χ0) is 9.68. The Bertz CT molecular complexity index is 276. The number of H-pyrrole nitrogens is 1. The van der Waals surface area contributed by atoms with E-state index in [0.29, 0.717) is 5.92 Å². The van der Waals surface area contributed by atoms with Crippen molar-refractivity contribution in [3.8, 4) is 0 Å². The number of fused-ring (bicyclic) bond motifs is 1. The van der Waals surface area contributed by atoms with Crippen LogP contribution in [0.5, 0.6) is 0 Å². The van der Waals surface area contributed by atoms with Gasteiger partial charge < -0.3 is 4.98 Å². The molecule has 1 heterocycles. The van der Waals surface area contributed by atoms with E-state index in [1.54, 1.807) is 0 Å². The molecule has 1 aliphatic rings. The Morgan fingerprint density at radius 3 is 2.62 bits per heavy atom. The first-order valence-electron chi connectivity index (χ1n) is 4.90. The topological polar surface area (TPSA) is 15.8 Å². The summed E-state index contributed by atoms with van der Waals surface area (Å²) in [5, 5.41) is 0. The van der Waals surface area contributed by atoms with E-state index in [1.165, 1.54) is 11.3 Å². The maximum absolute atomic E-state index is 3.18. The van der Waals surface area contributed by atoms with Crippen molar-refractivity contribution in [1.29, 1.82) is 0 Å². The minimum Gasteiger partial charge on any atom is -0.361 e. The van der Waals surface area contributed by atoms with Gasteiger partial charge in [0.1, 0.15) is 0 Å². The summed E-state index contributed by atoms with van der Waals surface area (Å²) in [6.07, 6.45) is 10.7.